The number of benzene rings is 2. The molecule has 1 aromatic heterocycles. The molecule has 2 aromatic carbocycles. The molecule has 0 saturated heterocycles. The number of hydrogen-bond acceptors (Lipinski definition) is 3. The molecule has 0 aliphatic rings. The molecule has 0 saturated carbocycles. The van der Waals surface area contributed by atoms with Crippen molar-refractivity contribution < 1.29 is 8.81 Å². The Labute approximate surface area is 103 Å². The van der Waals surface area contributed by atoms with Crippen LogP contribution in [0, 0.1) is 5.82 Å². The summed E-state index contributed by atoms with van der Waals surface area (Å²) in [5.74, 6) is 0.0419. The zero-order valence-electron chi connectivity index (χ0n) is 9.51. The highest BCUT2D eigenvalue weighted by atomic mass is 19.1. The molecule has 3 nitrogen and oxygen atoms in total. The molecule has 0 spiro atoms. The Hall–Kier alpha value is -2.20. The van der Waals surface area contributed by atoms with E-state index in [1.807, 2.05) is 30.3 Å². The second kappa shape index (κ2) is 4.23. The van der Waals surface area contributed by atoms with Gasteiger partial charge in [0, 0.05) is 6.07 Å². The molecule has 0 amide bonds. The van der Waals surface area contributed by atoms with Crippen LogP contribution in [0.4, 0.5) is 4.39 Å². The van der Waals surface area contributed by atoms with Gasteiger partial charge < -0.3 is 10.2 Å². The Balaban J connectivity index is 2.04. The van der Waals surface area contributed by atoms with Gasteiger partial charge in [0.25, 0.3) is 0 Å². The highest BCUT2D eigenvalue weighted by molar-refractivity contribution is 5.72. The molecule has 3 aromatic rings. The number of hydrogen-bond donors (Lipinski definition) is 1. The van der Waals surface area contributed by atoms with E-state index in [0.29, 0.717) is 17.0 Å². The van der Waals surface area contributed by atoms with E-state index in [1.165, 1.54) is 12.1 Å². The Kier molecular flexibility index (Phi) is 2.57. The van der Waals surface area contributed by atoms with E-state index in [0.717, 1.165) is 5.56 Å². The summed E-state index contributed by atoms with van der Waals surface area (Å²) in [5.41, 5.74) is 8.00. The normalized spacial score (nSPS) is 12.8. The first kappa shape index (κ1) is 10.9. The third-order valence-corrected chi connectivity index (χ3v) is 2.79. The van der Waals surface area contributed by atoms with Crippen LogP contribution in [0.15, 0.2) is 52.9 Å². The molecule has 0 aliphatic carbocycles. The smallest absolute Gasteiger partial charge is 0.217 e. The van der Waals surface area contributed by atoms with Crippen molar-refractivity contribution in [3.63, 3.8) is 0 Å². The van der Waals surface area contributed by atoms with Crippen molar-refractivity contribution in [2.45, 2.75) is 6.04 Å². The average Bonchev–Trinajstić information content (AvgIpc) is 2.81. The highest BCUT2D eigenvalue weighted by Crippen LogP contribution is 2.23. The molecule has 0 radical (unpaired) electrons. The van der Waals surface area contributed by atoms with Gasteiger partial charge in [-0.15, -0.1) is 0 Å². The van der Waals surface area contributed by atoms with E-state index in [-0.39, 0.29) is 5.82 Å². The lowest BCUT2D eigenvalue weighted by atomic mass is 10.1. The molecule has 0 aliphatic heterocycles. The van der Waals surface area contributed by atoms with Crippen molar-refractivity contribution in [3.05, 3.63) is 65.8 Å². The van der Waals surface area contributed by atoms with Gasteiger partial charge >= 0.3 is 0 Å². The van der Waals surface area contributed by atoms with Gasteiger partial charge in [-0.2, -0.15) is 0 Å². The lowest BCUT2D eigenvalue weighted by Crippen LogP contribution is -2.11. The third kappa shape index (κ3) is 1.87. The van der Waals surface area contributed by atoms with Gasteiger partial charge in [-0.05, 0) is 17.7 Å². The zero-order valence-corrected chi connectivity index (χ0v) is 9.51. The molecule has 2 N–H and O–H groups in total. The van der Waals surface area contributed by atoms with Crippen LogP contribution < -0.4 is 5.73 Å². The molecule has 1 atom stereocenters. The standard InChI is InChI=1S/C14H11FN2O/c15-10-6-7-11-12(8-10)18-14(17-11)13(16)9-4-2-1-3-5-9/h1-8,13H,16H2. The van der Waals surface area contributed by atoms with Crippen molar-refractivity contribution in [1.82, 2.24) is 4.98 Å². The van der Waals surface area contributed by atoms with E-state index < -0.39 is 6.04 Å². The third-order valence-electron chi connectivity index (χ3n) is 2.79. The summed E-state index contributed by atoms with van der Waals surface area (Å²) in [5, 5.41) is 0. The fourth-order valence-electron chi connectivity index (χ4n) is 1.85. The SMILES string of the molecule is NC(c1ccccc1)c1nc2ccc(F)cc2o1. The largest absolute Gasteiger partial charge is 0.438 e. The molecule has 1 unspecified atom stereocenters. The van der Waals surface area contributed by atoms with Gasteiger partial charge in [-0.1, -0.05) is 30.3 Å². The van der Waals surface area contributed by atoms with Crippen LogP contribution in [-0.4, -0.2) is 4.98 Å². The van der Waals surface area contributed by atoms with Crippen molar-refractivity contribution in [3.8, 4) is 0 Å². The summed E-state index contributed by atoms with van der Waals surface area (Å²) in [6, 6.07) is 13.3. The summed E-state index contributed by atoms with van der Waals surface area (Å²) < 4.78 is 18.5. The van der Waals surface area contributed by atoms with E-state index in [1.54, 1.807) is 6.07 Å². The van der Waals surface area contributed by atoms with Crippen molar-refractivity contribution in [1.29, 1.82) is 0 Å². The summed E-state index contributed by atoms with van der Waals surface area (Å²) in [7, 11) is 0. The number of aromatic nitrogens is 1. The Morgan fingerprint density at radius 2 is 1.89 bits per heavy atom. The quantitative estimate of drug-likeness (QED) is 0.751. The maximum absolute atomic E-state index is 13.1. The van der Waals surface area contributed by atoms with Gasteiger partial charge in [-0.25, -0.2) is 9.37 Å². The highest BCUT2D eigenvalue weighted by Gasteiger charge is 2.15. The molecule has 90 valence electrons. The molecule has 18 heavy (non-hydrogen) atoms. The molecule has 0 bridgehead atoms. The number of halogens is 1. The predicted octanol–water partition coefficient (Wildman–Crippen LogP) is 3.02. The minimum absolute atomic E-state index is 0.349. The first-order chi connectivity index (χ1) is 8.74. The lowest BCUT2D eigenvalue weighted by molar-refractivity contribution is 0.503. The van der Waals surface area contributed by atoms with E-state index in [2.05, 4.69) is 4.98 Å². The molecule has 1 heterocycles. The topological polar surface area (TPSA) is 52.0 Å². The molecule has 3 rings (SSSR count). The number of nitrogens with two attached hydrogens (primary N) is 1. The van der Waals surface area contributed by atoms with Crippen molar-refractivity contribution in [2.24, 2.45) is 5.73 Å². The molecular weight excluding hydrogens is 231 g/mol. The van der Waals surface area contributed by atoms with Crippen LogP contribution >= 0.6 is 0 Å². The van der Waals surface area contributed by atoms with E-state index in [9.17, 15) is 4.39 Å². The monoisotopic (exact) mass is 242 g/mol. The van der Waals surface area contributed by atoms with Gasteiger partial charge in [-0.3, -0.25) is 0 Å². The van der Waals surface area contributed by atoms with E-state index in [4.69, 9.17) is 10.2 Å². The first-order valence-corrected chi connectivity index (χ1v) is 5.60. The predicted molar refractivity (Wildman–Crippen MR) is 66.4 cm³/mol. The fraction of sp³-hybridized carbons (Fsp3) is 0.0714. The average molecular weight is 242 g/mol. The summed E-state index contributed by atoms with van der Waals surface area (Å²) in [6.07, 6.45) is 0. The van der Waals surface area contributed by atoms with Gasteiger partial charge in [0.2, 0.25) is 5.89 Å². The Bertz CT molecular complexity index is 679. The lowest BCUT2D eigenvalue weighted by Gasteiger charge is -2.06. The number of fused-ring (bicyclic) bond motifs is 1. The number of oxazole rings is 1. The second-order valence-electron chi connectivity index (χ2n) is 4.05. The first-order valence-electron chi connectivity index (χ1n) is 5.60. The van der Waals surface area contributed by atoms with Crippen LogP contribution in [0.25, 0.3) is 11.1 Å². The van der Waals surface area contributed by atoms with Gasteiger partial charge in [0.1, 0.15) is 17.4 Å². The van der Waals surface area contributed by atoms with Gasteiger partial charge in [0.15, 0.2) is 5.58 Å². The molecule has 4 heteroatoms. The maximum Gasteiger partial charge on any atom is 0.217 e. The summed E-state index contributed by atoms with van der Waals surface area (Å²) in [4.78, 5) is 4.27. The van der Waals surface area contributed by atoms with Crippen LogP contribution in [0.5, 0.6) is 0 Å². The van der Waals surface area contributed by atoms with Gasteiger partial charge in [0.05, 0.1) is 0 Å². The van der Waals surface area contributed by atoms with Crippen molar-refractivity contribution in [2.75, 3.05) is 0 Å². The maximum atomic E-state index is 13.1. The summed E-state index contributed by atoms with van der Waals surface area (Å²) >= 11 is 0. The van der Waals surface area contributed by atoms with Crippen LogP contribution in [0.3, 0.4) is 0 Å². The zero-order chi connectivity index (χ0) is 12.5. The summed E-state index contributed by atoms with van der Waals surface area (Å²) in [6.45, 7) is 0. The van der Waals surface area contributed by atoms with Crippen molar-refractivity contribution >= 4 is 11.1 Å². The Morgan fingerprint density at radius 3 is 2.67 bits per heavy atom. The van der Waals surface area contributed by atoms with Crippen LogP contribution in [-0.2, 0) is 0 Å². The fourth-order valence-corrected chi connectivity index (χ4v) is 1.85. The van der Waals surface area contributed by atoms with E-state index >= 15 is 0 Å². The minimum Gasteiger partial charge on any atom is -0.438 e. The van der Waals surface area contributed by atoms with Crippen LogP contribution in [0.1, 0.15) is 17.5 Å². The number of nitrogens with zero attached hydrogens (tertiary/aromatic N) is 1. The number of rotatable bonds is 2. The second-order valence-corrected chi connectivity index (χ2v) is 4.05. The minimum atomic E-state index is -0.443. The molecule has 0 fully saturated rings. The van der Waals surface area contributed by atoms with Crippen LogP contribution in [0.2, 0.25) is 0 Å². The molecular formula is C14H11FN2O. The Morgan fingerprint density at radius 1 is 1.11 bits per heavy atom.